The Kier molecular flexibility index (Phi) is 6.60. The highest BCUT2D eigenvalue weighted by Crippen LogP contribution is 2.04. The monoisotopic (exact) mass is 257 g/mol. The van der Waals surface area contributed by atoms with Crippen LogP contribution in [0.2, 0.25) is 0 Å². The summed E-state index contributed by atoms with van der Waals surface area (Å²) in [5.41, 5.74) is 0. The molecule has 0 aromatic heterocycles. The van der Waals surface area contributed by atoms with Crippen LogP contribution >= 0.6 is 0 Å². The maximum absolute atomic E-state index is 11.2. The molecule has 1 unspecified atom stereocenters. The second-order valence-electron chi connectivity index (χ2n) is 5.35. The smallest absolute Gasteiger partial charge is 0.322 e. The highest BCUT2D eigenvalue weighted by Gasteiger charge is 2.24. The van der Waals surface area contributed by atoms with E-state index in [1.54, 1.807) is 0 Å². The highest BCUT2D eigenvalue weighted by molar-refractivity contribution is 5.73. The van der Waals surface area contributed by atoms with Gasteiger partial charge in [0.1, 0.15) is 6.04 Å². The normalized spacial score (nSPS) is 20.2. The topological polar surface area (TPSA) is 55.8 Å². The molecule has 1 aliphatic heterocycles. The third-order valence-corrected chi connectivity index (χ3v) is 3.28. The molecular formula is C13H27N3O2. The van der Waals surface area contributed by atoms with E-state index in [4.69, 9.17) is 0 Å². The third kappa shape index (κ3) is 5.33. The van der Waals surface area contributed by atoms with Crippen molar-refractivity contribution in [1.29, 1.82) is 0 Å². The first-order valence-electron chi connectivity index (χ1n) is 6.96. The van der Waals surface area contributed by atoms with Crippen molar-refractivity contribution in [3.63, 3.8) is 0 Å². The summed E-state index contributed by atoms with van der Waals surface area (Å²) in [5.74, 6) is -0.750. The van der Waals surface area contributed by atoms with Crippen molar-refractivity contribution in [1.82, 2.24) is 15.1 Å². The fourth-order valence-electron chi connectivity index (χ4n) is 2.37. The average molecular weight is 257 g/mol. The number of nitrogens with zero attached hydrogens (tertiary/aromatic N) is 2. The quantitative estimate of drug-likeness (QED) is 0.694. The predicted molar refractivity (Wildman–Crippen MR) is 72.9 cm³/mol. The molecule has 0 aromatic carbocycles. The lowest BCUT2D eigenvalue weighted by Gasteiger charge is -2.36. The van der Waals surface area contributed by atoms with E-state index in [2.05, 4.69) is 22.0 Å². The van der Waals surface area contributed by atoms with E-state index < -0.39 is 12.0 Å². The number of carboxylic acids is 1. The molecule has 1 heterocycles. The fourth-order valence-corrected chi connectivity index (χ4v) is 2.37. The molecule has 2 N–H and O–H groups in total. The van der Waals surface area contributed by atoms with Crippen molar-refractivity contribution in [3.05, 3.63) is 0 Å². The molecule has 1 atom stereocenters. The number of nitrogens with one attached hydrogen (secondary N) is 1. The van der Waals surface area contributed by atoms with Gasteiger partial charge in [-0.05, 0) is 13.0 Å². The van der Waals surface area contributed by atoms with Crippen LogP contribution < -0.4 is 5.32 Å². The Bertz CT molecular complexity index is 251. The third-order valence-electron chi connectivity index (χ3n) is 3.28. The second-order valence-corrected chi connectivity index (χ2v) is 5.35. The van der Waals surface area contributed by atoms with Crippen LogP contribution in [0.25, 0.3) is 0 Å². The number of rotatable bonds is 7. The Hall–Kier alpha value is -0.650. The van der Waals surface area contributed by atoms with Gasteiger partial charge in [0.25, 0.3) is 0 Å². The van der Waals surface area contributed by atoms with Crippen molar-refractivity contribution in [2.45, 2.75) is 39.3 Å². The van der Waals surface area contributed by atoms with E-state index in [0.717, 1.165) is 32.7 Å². The molecule has 5 heteroatoms. The van der Waals surface area contributed by atoms with Gasteiger partial charge in [-0.2, -0.15) is 0 Å². The molecule has 0 amide bonds. The van der Waals surface area contributed by atoms with Crippen LogP contribution in [0.1, 0.15) is 27.2 Å². The molecule has 1 aliphatic rings. The van der Waals surface area contributed by atoms with Crippen molar-refractivity contribution < 1.29 is 9.90 Å². The summed E-state index contributed by atoms with van der Waals surface area (Å²) in [7, 11) is 0. The number of carboxylic acid groups (broad SMARTS) is 1. The Morgan fingerprint density at radius 1 is 1.22 bits per heavy atom. The van der Waals surface area contributed by atoms with Crippen LogP contribution in [0, 0.1) is 0 Å². The minimum atomic E-state index is -0.750. The largest absolute Gasteiger partial charge is 0.480 e. The molecule has 1 rings (SSSR count). The van der Waals surface area contributed by atoms with Crippen LogP contribution in [0.15, 0.2) is 0 Å². The first-order chi connectivity index (χ1) is 8.52. The van der Waals surface area contributed by atoms with E-state index in [1.165, 1.54) is 6.42 Å². The van der Waals surface area contributed by atoms with Gasteiger partial charge in [-0.25, -0.2) is 0 Å². The number of aliphatic carboxylic acids is 1. The number of carbonyl (C=O) groups is 1. The lowest BCUT2D eigenvalue weighted by atomic mass is 10.2. The summed E-state index contributed by atoms with van der Waals surface area (Å²) >= 11 is 0. The van der Waals surface area contributed by atoms with Crippen molar-refractivity contribution >= 4 is 5.97 Å². The number of piperazine rings is 1. The molecular weight excluding hydrogens is 230 g/mol. The Morgan fingerprint density at radius 3 is 2.22 bits per heavy atom. The van der Waals surface area contributed by atoms with E-state index >= 15 is 0 Å². The van der Waals surface area contributed by atoms with Crippen molar-refractivity contribution in [2.75, 3.05) is 39.3 Å². The molecule has 1 saturated heterocycles. The minimum absolute atomic E-state index is 0.201. The second kappa shape index (κ2) is 7.71. The molecule has 0 radical (unpaired) electrons. The van der Waals surface area contributed by atoms with Crippen molar-refractivity contribution in [3.8, 4) is 0 Å². The summed E-state index contributed by atoms with van der Waals surface area (Å²) in [4.78, 5) is 15.9. The molecule has 18 heavy (non-hydrogen) atoms. The summed E-state index contributed by atoms with van der Waals surface area (Å²) < 4.78 is 0. The Labute approximate surface area is 110 Å². The van der Waals surface area contributed by atoms with Gasteiger partial charge in [0.2, 0.25) is 0 Å². The zero-order valence-corrected chi connectivity index (χ0v) is 11.9. The van der Waals surface area contributed by atoms with Gasteiger partial charge in [0.05, 0.1) is 0 Å². The molecule has 0 spiro atoms. The Balaban J connectivity index is 2.35. The summed E-state index contributed by atoms with van der Waals surface area (Å²) in [6, 6.07) is -0.254. The van der Waals surface area contributed by atoms with Crippen LogP contribution in [-0.2, 0) is 4.79 Å². The lowest BCUT2D eigenvalue weighted by molar-refractivity contribution is -0.140. The van der Waals surface area contributed by atoms with Gasteiger partial charge in [-0.1, -0.05) is 20.8 Å². The van der Waals surface area contributed by atoms with Crippen LogP contribution in [0.3, 0.4) is 0 Å². The summed E-state index contributed by atoms with van der Waals surface area (Å²) in [6.07, 6.45) is 1.19. The fraction of sp³-hybridized carbons (Fsp3) is 0.923. The van der Waals surface area contributed by atoms with Gasteiger partial charge in [-0.15, -0.1) is 0 Å². The Morgan fingerprint density at radius 2 is 1.78 bits per heavy atom. The SMILES string of the molecule is CCCN1CCN(CC(NC(C)C)C(=O)O)CC1. The molecule has 0 aromatic rings. The molecule has 5 nitrogen and oxygen atoms in total. The molecule has 106 valence electrons. The summed E-state index contributed by atoms with van der Waals surface area (Å²) in [5, 5.41) is 12.3. The molecule has 0 aliphatic carbocycles. The first-order valence-corrected chi connectivity index (χ1v) is 6.96. The van der Waals surface area contributed by atoms with Gasteiger partial charge in [-0.3, -0.25) is 9.69 Å². The molecule has 0 saturated carbocycles. The van der Waals surface area contributed by atoms with Gasteiger partial charge in [0, 0.05) is 38.8 Å². The van der Waals surface area contributed by atoms with Crippen molar-refractivity contribution in [2.24, 2.45) is 0 Å². The predicted octanol–water partition coefficient (Wildman–Crippen LogP) is 0.465. The number of hydrogen-bond acceptors (Lipinski definition) is 4. The summed E-state index contributed by atoms with van der Waals surface area (Å²) in [6.45, 7) is 12.0. The van der Waals surface area contributed by atoms with Gasteiger partial charge >= 0.3 is 5.97 Å². The van der Waals surface area contributed by atoms with Gasteiger partial charge < -0.3 is 15.3 Å². The van der Waals surface area contributed by atoms with E-state index in [0.29, 0.717) is 6.54 Å². The average Bonchev–Trinajstić information content (AvgIpc) is 2.30. The molecule has 1 fully saturated rings. The van der Waals surface area contributed by atoms with E-state index in [-0.39, 0.29) is 6.04 Å². The maximum atomic E-state index is 11.2. The van der Waals surface area contributed by atoms with Crippen LogP contribution in [0.4, 0.5) is 0 Å². The lowest BCUT2D eigenvalue weighted by Crippen LogP contribution is -2.53. The highest BCUT2D eigenvalue weighted by atomic mass is 16.4. The van der Waals surface area contributed by atoms with Crippen LogP contribution in [0.5, 0.6) is 0 Å². The zero-order valence-electron chi connectivity index (χ0n) is 11.9. The van der Waals surface area contributed by atoms with Gasteiger partial charge in [0.15, 0.2) is 0 Å². The minimum Gasteiger partial charge on any atom is -0.480 e. The first kappa shape index (κ1) is 15.4. The maximum Gasteiger partial charge on any atom is 0.322 e. The number of hydrogen-bond donors (Lipinski definition) is 2. The standard InChI is InChI=1S/C13H27N3O2/c1-4-5-15-6-8-16(9-7-15)10-12(13(17)18)14-11(2)3/h11-12,14H,4-10H2,1-3H3,(H,17,18). The van der Waals surface area contributed by atoms with E-state index in [1.807, 2.05) is 13.8 Å². The van der Waals surface area contributed by atoms with E-state index in [9.17, 15) is 9.90 Å². The van der Waals surface area contributed by atoms with Crippen LogP contribution in [-0.4, -0.2) is 72.2 Å². The zero-order chi connectivity index (χ0) is 13.5. The molecule has 0 bridgehead atoms.